The van der Waals surface area contributed by atoms with Crippen molar-refractivity contribution >= 4 is 11.9 Å². The van der Waals surface area contributed by atoms with Gasteiger partial charge in [-0.25, -0.2) is 4.79 Å². The molecule has 7 heteroatoms. The molecule has 0 spiro atoms. The Hall–Kier alpha value is -4.00. The summed E-state index contributed by atoms with van der Waals surface area (Å²) in [6.07, 6.45) is 0.000357. The largest absolute Gasteiger partial charge is 0.507 e. The van der Waals surface area contributed by atoms with Crippen molar-refractivity contribution in [3.63, 3.8) is 0 Å². The van der Waals surface area contributed by atoms with Gasteiger partial charge in [0, 0.05) is 0 Å². The molecule has 0 fully saturated rings. The molecule has 0 heterocycles. The summed E-state index contributed by atoms with van der Waals surface area (Å²) >= 11 is 0. The van der Waals surface area contributed by atoms with Crippen LogP contribution in [0.3, 0.4) is 0 Å². The van der Waals surface area contributed by atoms with Crippen LogP contribution in [0.25, 0.3) is 11.1 Å². The van der Waals surface area contributed by atoms with E-state index in [4.69, 9.17) is 4.74 Å². The molecule has 3 aromatic carbocycles. The average molecular weight is 418 g/mol. The van der Waals surface area contributed by atoms with Crippen molar-refractivity contribution in [1.29, 1.82) is 0 Å². The normalized spacial score (nSPS) is 14.0. The highest BCUT2D eigenvalue weighted by Crippen LogP contribution is 2.44. The average Bonchev–Trinajstić information content (AvgIpc) is 3.00. The van der Waals surface area contributed by atoms with Crippen molar-refractivity contribution in [1.82, 2.24) is 10.6 Å². The van der Waals surface area contributed by atoms with Gasteiger partial charge in [-0.2, -0.15) is 0 Å². The number of fused-ring (bicyclic) bond motifs is 3. The highest BCUT2D eigenvalue weighted by Gasteiger charge is 2.31. The first-order chi connectivity index (χ1) is 14.8. The van der Waals surface area contributed by atoms with Crippen molar-refractivity contribution in [3.05, 3.63) is 77.4 Å². The van der Waals surface area contributed by atoms with E-state index in [1.165, 1.54) is 18.2 Å². The van der Waals surface area contributed by atoms with Crippen LogP contribution in [0.5, 0.6) is 17.2 Å². The lowest BCUT2D eigenvalue weighted by molar-refractivity contribution is 0.0958. The second-order valence-corrected chi connectivity index (χ2v) is 7.53. The van der Waals surface area contributed by atoms with Crippen LogP contribution >= 0.6 is 0 Å². The van der Waals surface area contributed by atoms with Crippen LogP contribution in [-0.4, -0.2) is 28.3 Å². The van der Waals surface area contributed by atoms with E-state index in [2.05, 4.69) is 10.6 Å². The SMILES string of the molecule is CC(C)Oc1ccc2c(c1)C(NC(=O)NC(=O)c1c(O)cccc1O)c1ccccc1-2. The number of phenols is 2. The van der Waals surface area contributed by atoms with Gasteiger partial charge in [0.1, 0.15) is 22.8 Å². The van der Waals surface area contributed by atoms with Crippen molar-refractivity contribution in [2.45, 2.75) is 26.0 Å². The minimum atomic E-state index is -0.906. The third-order valence-corrected chi connectivity index (χ3v) is 5.02. The first kappa shape index (κ1) is 20.3. The van der Waals surface area contributed by atoms with Crippen LogP contribution in [-0.2, 0) is 0 Å². The molecule has 1 aliphatic carbocycles. The fourth-order valence-corrected chi connectivity index (χ4v) is 3.78. The van der Waals surface area contributed by atoms with Gasteiger partial charge in [-0.15, -0.1) is 0 Å². The third kappa shape index (κ3) is 3.90. The second-order valence-electron chi connectivity index (χ2n) is 7.53. The van der Waals surface area contributed by atoms with Crippen molar-refractivity contribution in [3.8, 4) is 28.4 Å². The molecule has 0 saturated heterocycles. The Morgan fingerprint density at radius 1 is 0.903 bits per heavy atom. The number of imide groups is 1. The topological polar surface area (TPSA) is 108 Å². The Morgan fingerprint density at radius 3 is 2.29 bits per heavy atom. The zero-order valence-corrected chi connectivity index (χ0v) is 17.0. The number of carbonyl (C=O) groups is 2. The first-order valence-corrected chi connectivity index (χ1v) is 9.88. The maximum absolute atomic E-state index is 12.7. The predicted molar refractivity (Wildman–Crippen MR) is 115 cm³/mol. The van der Waals surface area contributed by atoms with Crippen LogP contribution in [0.4, 0.5) is 4.79 Å². The summed E-state index contributed by atoms with van der Waals surface area (Å²) in [5.41, 5.74) is 3.35. The highest BCUT2D eigenvalue weighted by molar-refractivity contribution is 6.07. The van der Waals surface area contributed by atoms with Gasteiger partial charge in [0.05, 0.1) is 12.1 Å². The van der Waals surface area contributed by atoms with E-state index in [0.717, 1.165) is 22.3 Å². The molecule has 31 heavy (non-hydrogen) atoms. The molecule has 0 saturated carbocycles. The zero-order valence-electron chi connectivity index (χ0n) is 17.0. The number of carbonyl (C=O) groups excluding carboxylic acids is 2. The molecule has 4 N–H and O–H groups in total. The smallest absolute Gasteiger partial charge is 0.322 e. The summed E-state index contributed by atoms with van der Waals surface area (Å²) < 4.78 is 5.80. The molecule has 1 atom stereocenters. The maximum Gasteiger partial charge on any atom is 0.322 e. The van der Waals surface area contributed by atoms with Gasteiger partial charge in [-0.3, -0.25) is 10.1 Å². The van der Waals surface area contributed by atoms with Gasteiger partial charge < -0.3 is 20.3 Å². The number of benzene rings is 3. The van der Waals surface area contributed by atoms with E-state index in [1.807, 2.05) is 56.3 Å². The fraction of sp³-hybridized carbons (Fsp3) is 0.167. The molecule has 0 bridgehead atoms. The molecule has 3 amide bonds. The van der Waals surface area contributed by atoms with Gasteiger partial charge in [0.2, 0.25) is 0 Å². The maximum atomic E-state index is 12.7. The zero-order chi connectivity index (χ0) is 22.1. The van der Waals surface area contributed by atoms with E-state index in [1.54, 1.807) is 0 Å². The van der Waals surface area contributed by atoms with Crippen LogP contribution in [0.1, 0.15) is 41.4 Å². The molecular weight excluding hydrogens is 396 g/mol. The summed E-state index contributed by atoms with van der Waals surface area (Å²) in [4.78, 5) is 25.1. The number of phenolic OH excluding ortho intramolecular Hbond substituents is 2. The van der Waals surface area contributed by atoms with Crippen LogP contribution in [0.15, 0.2) is 60.7 Å². The van der Waals surface area contributed by atoms with Gasteiger partial charge in [-0.05, 0) is 60.4 Å². The summed E-state index contributed by atoms with van der Waals surface area (Å²) in [5.74, 6) is -1.06. The number of nitrogens with one attached hydrogen (secondary N) is 2. The van der Waals surface area contributed by atoms with E-state index < -0.39 is 29.5 Å². The Labute approximate surface area is 179 Å². The Balaban J connectivity index is 1.61. The van der Waals surface area contributed by atoms with Crippen LogP contribution in [0, 0.1) is 0 Å². The Morgan fingerprint density at radius 2 is 1.58 bits per heavy atom. The number of aromatic hydroxyl groups is 2. The van der Waals surface area contributed by atoms with Gasteiger partial charge in [0.15, 0.2) is 0 Å². The van der Waals surface area contributed by atoms with E-state index in [0.29, 0.717) is 5.75 Å². The number of hydrogen-bond acceptors (Lipinski definition) is 5. The highest BCUT2D eigenvalue weighted by atomic mass is 16.5. The number of hydrogen-bond donors (Lipinski definition) is 4. The van der Waals surface area contributed by atoms with Crippen LogP contribution in [0.2, 0.25) is 0 Å². The van der Waals surface area contributed by atoms with Gasteiger partial charge >= 0.3 is 6.03 Å². The summed E-state index contributed by atoms with van der Waals surface area (Å²) in [5, 5.41) is 24.7. The standard InChI is InChI=1S/C24H22N2O5/c1-13(2)31-14-10-11-16-15-6-3-4-7-17(15)22(18(16)12-14)25-24(30)26-23(29)21-19(27)8-5-9-20(21)28/h3-13,22,27-28H,1-2H3,(H2,25,26,29,30). The Bertz CT molecular complexity index is 1150. The third-order valence-electron chi connectivity index (χ3n) is 5.02. The van der Waals surface area contributed by atoms with Gasteiger partial charge in [-0.1, -0.05) is 36.4 Å². The predicted octanol–water partition coefficient (Wildman–Crippen LogP) is 4.09. The molecule has 158 valence electrons. The molecule has 4 rings (SSSR count). The summed E-state index contributed by atoms with van der Waals surface area (Å²) in [6.45, 7) is 3.87. The number of amides is 3. The fourth-order valence-electron chi connectivity index (χ4n) is 3.78. The molecule has 0 radical (unpaired) electrons. The second kappa shape index (κ2) is 8.02. The lowest BCUT2D eigenvalue weighted by Gasteiger charge is -2.18. The van der Waals surface area contributed by atoms with Crippen molar-refractivity contribution < 1.29 is 24.5 Å². The molecule has 1 unspecified atom stereocenters. The van der Waals surface area contributed by atoms with E-state index >= 15 is 0 Å². The molecule has 1 aliphatic rings. The quantitative estimate of drug-likeness (QED) is 0.510. The molecular formula is C24H22N2O5. The first-order valence-electron chi connectivity index (χ1n) is 9.88. The summed E-state index contributed by atoms with van der Waals surface area (Å²) in [6, 6.07) is 16.1. The minimum absolute atomic E-state index is 0.000357. The number of urea groups is 1. The van der Waals surface area contributed by atoms with Crippen molar-refractivity contribution in [2.75, 3.05) is 0 Å². The lowest BCUT2D eigenvalue weighted by atomic mass is 10.1. The molecule has 3 aromatic rings. The summed E-state index contributed by atoms with van der Waals surface area (Å²) in [7, 11) is 0. The van der Waals surface area contributed by atoms with Crippen LogP contribution < -0.4 is 15.4 Å². The lowest BCUT2D eigenvalue weighted by Crippen LogP contribution is -2.41. The monoisotopic (exact) mass is 418 g/mol. The minimum Gasteiger partial charge on any atom is -0.507 e. The molecule has 0 aliphatic heterocycles. The van der Waals surface area contributed by atoms with Crippen molar-refractivity contribution in [2.24, 2.45) is 0 Å². The van der Waals surface area contributed by atoms with E-state index in [9.17, 15) is 19.8 Å². The Kier molecular flexibility index (Phi) is 5.25. The number of rotatable bonds is 4. The van der Waals surface area contributed by atoms with E-state index in [-0.39, 0.29) is 11.7 Å². The number of ether oxygens (including phenoxy) is 1. The molecule has 0 aromatic heterocycles. The molecule has 7 nitrogen and oxygen atoms in total. The van der Waals surface area contributed by atoms with Gasteiger partial charge in [0.25, 0.3) is 5.91 Å².